The monoisotopic (exact) mass is 296 g/mol. The van der Waals surface area contributed by atoms with Crippen LogP contribution in [-0.4, -0.2) is 22.5 Å². The first-order chi connectivity index (χ1) is 8.13. The van der Waals surface area contributed by atoms with E-state index in [2.05, 4.69) is 20.9 Å². The number of amides is 2. The van der Waals surface area contributed by atoms with Crippen molar-refractivity contribution in [2.24, 2.45) is 10.9 Å². The molecule has 90 valence electrons. The van der Waals surface area contributed by atoms with Gasteiger partial charge in [-0.05, 0) is 34.5 Å². The van der Waals surface area contributed by atoms with Crippen LogP contribution in [0.5, 0.6) is 0 Å². The number of carbonyl (C=O) groups is 2. The molecule has 17 heavy (non-hydrogen) atoms. The van der Waals surface area contributed by atoms with Crippen molar-refractivity contribution in [3.63, 3.8) is 0 Å². The molecular weight excluding hydrogens is 284 g/mol. The highest BCUT2D eigenvalue weighted by Crippen LogP contribution is 2.24. The first kappa shape index (κ1) is 12.2. The SMILES string of the molecule is CCCCC1C(=O)N=C2C=CC(Br)=CN2C1=O. The first-order valence-corrected chi connectivity index (χ1v) is 6.43. The van der Waals surface area contributed by atoms with Gasteiger partial charge in [-0.15, -0.1) is 0 Å². The molecule has 4 nitrogen and oxygen atoms in total. The number of hydrogen-bond donors (Lipinski definition) is 0. The fraction of sp³-hybridized carbons (Fsp3) is 0.417. The Labute approximate surface area is 108 Å². The molecule has 0 N–H and O–H groups in total. The summed E-state index contributed by atoms with van der Waals surface area (Å²) in [5.41, 5.74) is 0. The van der Waals surface area contributed by atoms with E-state index in [-0.39, 0.29) is 11.8 Å². The average Bonchev–Trinajstić information content (AvgIpc) is 2.30. The van der Waals surface area contributed by atoms with Crippen molar-refractivity contribution in [3.05, 3.63) is 22.8 Å². The van der Waals surface area contributed by atoms with Crippen LogP contribution in [0.4, 0.5) is 0 Å². The second-order valence-corrected chi connectivity index (χ2v) is 4.97. The number of fused-ring (bicyclic) bond motifs is 1. The minimum atomic E-state index is -0.609. The molecule has 0 fully saturated rings. The summed E-state index contributed by atoms with van der Waals surface area (Å²) in [6.45, 7) is 2.03. The molecule has 0 aliphatic carbocycles. The van der Waals surface area contributed by atoms with E-state index in [9.17, 15) is 9.59 Å². The number of unbranched alkanes of at least 4 members (excludes halogenated alkanes) is 1. The van der Waals surface area contributed by atoms with Gasteiger partial charge in [-0.2, -0.15) is 4.99 Å². The van der Waals surface area contributed by atoms with Gasteiger partial charge in [0.2, 0.25) is 5.91 Å². The Morgan fingerprint density at radius 1 is 1.41 bits per heavy atom. The van der Waals surface area contributed by atoms with Crippen LogP contribution in [0.3, 0.4) is 0 Å². The third kappa shape index (κ3) is 2.39. The minimum absolute atomic E-state index is 0.172. The standard InChI is InChI=1S/C12H13BrN2O2/c1-2-3-4-9-11(16)14-10-6-5-8(13)7-15(10)12(9)17/h5-7,9H,2-4H2,1H3. The third-order valence-corrected chi connectivity index (χ3v) is 3.26. The van der Waals surface area contributed by atoms with Crippen LogP contribution in [0.2, 0.25) is 0 Å². The maximum absolute atomic E-state index is 12.1. The molecule has 2 heterocycles. The van der Waals surface area contributed by atoms with E-state index in [0.717, 1.165) is 17.3 Å². The molecule has 0 saturated carbocycles. The smallest absolute Gasteiger partial charge is 0.260 e. The summed E-state index contributed by atoms with van der Waals surface area (Å²) in [7, 11) is 0. The van der Waals surface area contributed by atoms with Crippen LogP contribution in [-0.2, 0) is 9.59 Å². The summed E-state index contributed by atoms with van der Waals surface area (Å²) in [6.07, 6.45) is 7.50. The number of hydrogen-bond acceptors (Lipinski definition) is 2. The van der Waals surface area contributed by atoms with E-state index in [0.29, 0.717) is 12.3 Å². The van der Waals surface area contributed by atoms with Crippen molar-refractivity contribution < 1.29 is 9.59 Å². The molecule has 0 aromatic carbocycles. The minimum Gasteiger partial charge on any atom is -0.273 e. The summed E-state index contributed by atoms with van der Waals surface area (Å²) in [5, 5.41) is 0. The van der Waals surface area contributed by atoms with Crippen LogP contribution in [0.15, 0.2) is 27.8 Å². The van der Waals surface area contributed by atoms with Crippen molar-refractivity contribution in [1.82, 2.24) is 4.90 Å². The number of halogens is 1. The lowest BCUT2D eigenvalue weighted by Crippen LogP contribution is -2.44. The summed E-state index contributed by atoms with van der Waals surface area (Å²) in [6, 6.07) is 0. The Morgan fingerprint density at radius 2 is 2.18 bits per heavy atom. The number of carbonyl (C=O) groups excluding carboxylic acids is 2. The largest absolute Gasteiger partial charge is 0.273 e. The maximum atomic E-state index is 12.1. The Bertz CT molecular complexity index is 451. The van der Waals surface area contributed by atoms with Crippen LogP contribution >= 0.6 is 15.9 Å². The van der Waals surface area contributed by atoms with E-state index in [1.165, 1.54) is 4.90 Å². The van der Waals surface area contributed by atoms with Crippen LogP contribution in [0.25, 0.3) is 0 Å². The van der Waals surface area contributed by atoms with Gasteiger partial charge in [0.05, 0.1) is 0 Å². The topological polar surface area (TPSA) is 49.7 Å². The maximum Gasteiger partial charge on any atom is 0.260 e. The van der Waals surface area contributed by atoms with Crippen molar-refractivity contribution in [3.8, 4) is 0 Å². The zero-order chi connectivity index (χ0) is 12.4. The molecule has 1 atom stereocenters. The molecule has 0 bridgehead atoms. The summed E-state index contributed by atoms with van der Waals surface area (Å²) >= 11 is 3.31. The lowest BCUT2D eigenvalue weighted by Gasteiger charge is -2.28. The zero-order valence-electron chi connectivity index (χ0n) is 9.52. The highest BCUT2D eigenvalue weighted by Gasteiger charge is 2.36. The number of nitrogens with zero attached hydrogens (tertiary/aromatic N) is 2. The fourth-order valence-corrected chi connectivity index (χ4v) is 2.19. The highest BCUT2D eigenvalue weighted by atomic mass is 79.9. The Kier molecular flexibility index (Phi) is 3.57. The van der Waals surface area contributed by atoms with Gasteiger partial charge in [-0.1, -0.05) is 19.8 Å². The normalized spacial score (nSPS) is 23.4. The van der Waals surface area contributed by atoms with Crippen LogP contribution in [0.1, 0.15) is 26.2 Å². The van der Waals surface area contributed by atoms with Gasteiger partial charge in [0.1, 0.15) is 11.8 Å². The zero-order valence-corrected chi connectivity index (χ0v) is 11.1. The van der Waals surface area contributed by atoms with Crippen LogP contribution < -0.4 is 0 Å². The number of allylic oxidation sites excluding steroid dienone is 2. The van der Waals surface area contributed by atoms with Crippen molar-refractivity contribution >= 4 is 33.6 Å². The predicted molar refractivity (Wildman–Crippen MR) is 68.5 cm³/mol. The second-order valence-electron chi connectivity index (χ2n) is 4.06. The lowest BCUT2D eigenvalue weighted by atomic mass is 9.98. The quantitative estimate of drug-likeness (QED) is 0.751. The van der Waals surface area contributed by atoms with E-state index >= 15 is 0 Å². The summed E-state index contributed by atoms with van der Waals surface area (Å²) < 4.78 is 0.799. The number of rotatable bonds is 3. The predicted octanol–water partition coefficient (Wildman–Crippen LogP) is 2.37. The first-order valence-electron chi connectivity index (χ1n) is 5.64. The number of aliphatic imine (C=N–C) groups is 1. The van der Waals surface area contributed by atoms with Crippen molar-refractivity contribution in [1.29, 1.82) is 0 Å². The lowest BCUT2D eigenvalue weighted by molar-refractivity contribution is -0.138. The highest BCUT2D eigenvalue weighted by molar-refractivity contribution is 9.11. The van der Waals surface area contributed by atoms with Gasteiger partial charge in [0, 0.05) is 10.7 Å². The summed E-state index contributed by atoms with van der Waals surface area (Å²) in [4.78, 5) is 29.3. The molecule has 0 saturated heterocycles. The molecule has 2 rings (SSSR count). The molecule has 1 unspecified atom stereocenters. The van der Waals surface area contributed by atoms with E-state index in [4.69, 9.17) is 0 Å². The Balaban J connectivity index is 2.26. The molecule has 0 aromatic rings. The Morgan fingerprint density at radius 3 is 2.88 bits per heavy atom. The number of amidine groups is 1. The molecular formula is C12H13BrN2O2. The van der Waals surface area contributed by atoms with E-state index in [1.807, 2.05) is 6.92 Å². The van der Waals surface area contributed by atoms with Crippen molar-refractivity contribution in [2.75, 3.05) is 0 Å². The fourth-order valence-electron chi connectivity index (χ4n) is 1.85. The van der Waals surface area contributed by atoms with Gasteiger partial charge < -0.3 is 0 Å². The Hall–Kier alpha value is -1.23. The molecule has 0 radical (unpaired) electrons. The molecule has 2 aliphatic heterocycles. The van der Waals surface area contributed by atoms with E-state index in [1.54, 1.807) is 18.4 Å². The summed E-state index contributed by atoms with van der Waals surface area (Å²) in [5.74, 6) is -0.682. The average molecular weight is 297 g/mol. The van der Waals surface area contributed by atoms with E-state index < -0.39 is 5.92 Å². The van der Waals surface area contributed by atoms with Gasteiger partial charge in [0.15, 0.2) is 0 Å². The van der Waals surface area contributed by atoms with Gasteiger partial charge in [-0.25, -0.2) is 0 Å². The van der Waals surface area contributed by atoms with Crippen molar-refractivity contribution in [2.45, 2.75) is 26.2 Å². The third-order valence-electron chi connectivity index (χ3n) is 2.80. The van der Waals surface area contributed by atoms with Gasteiger partial charge >= 0.3 is 0 Å². The molecule has 0 spiro atoms. The van der Waals surface area contributed by atoms with Gasteiger partial charge in [0.25, 0.3) is 5.91 Å². The molecule has 5 heteroatoms. The van der Waals surface area contributed by atoms with Gasteiger partial charge in [-0.3, -0.25) is 14.5 Å². The van der Waals surface area contributed by atoms with Crippen LogP contribution in [0, 0.1) is 5.92 Å². The molecule has 2 amide bonds. The molecule has 2 aliphatic rings. The molecule has 0 aromatic heterocycles. The second kappa shape index (κ2) is 4.96.